The number of halogens is 1. The molecular weight excluding hydrogens is 237 g/mol. The second kappa shape index (κ2) is 6.04. The lowest BCUT2D eigenvalue weighted by Crippen LogP contribution is -2.35. The molecule has 1 N–H and O–H groups in total. The summed E-state index contributed by atoms with van der Waals surface area (Å²) in [5.74, 6) is -0.102. The largest absolute Gasteiger partial charge is 0.309 e. The minimum atomic E-state index is -0.102. The Morgan fingerprint density at radius 1 is 1.32 bits per heavy atom. The van der Waals surface area contributed by atoms with E-state index in [2.05, 4.69) is 19.2 Å². The molecule has 1 aliphatic carbocycles. The molecule has 0 radical (unpaired) electrons. The predicted molar refractivity (Wildman–Crippen MR) is 78.7 cm³/mol. The van der Waals surface area contributed by atoms with Crippen LogP contribution in [0.4, 0.5) is 4.39 Å². The maximum atomic E-state index is 13.5. The first kappa shape index (κ1) is 14.5. The first-order valence-electron chi connectivity index (χ1n) is 7.56. The highest BCUT2D eigenvalue weighted by atomic mass is 19.1. The number of rotatable bonds is 5. The topological polar surface area (TPSA) is 12.0 Å². The van der Waals surface area contributed by atoms with Gasteiger partial charge in [-0.3, -0.25) is 0 Å². The second-order valence-corrected chi connectivity index (χ2v) is 6.26. The summed E-state index contributed by atoms with van der Waals surface area (Å²) in [4.78, 5) is 0. The molecule has 0 bridgehead atoms. The molecule has 0 aliphatic heterocycles. The molecule has 2 heteroatoms. The van der Waals surface area contributed by atoms with E-state index in [1.807, 2.05) is 19.1 Å². The Hall–Kier alpha value is -0.890. The lowest BCUT2D eigenvalue weighted by atomic mass is 9.77. The fourth-order valence-corrected chi connectivity index (χ4v) is 3.37. The summed E-state index contributed by atoms with van der Waals surface area (Å²) in [5.41, 5.74) is 2.32. The predicted octanol–water partition coefficient (Wildman–Crippen LogP) is 4.76. The molecule has 0 saturated heterocycles. The van der Waals surface area contributed by atoms with Gasteiger partial charge in [0.2, 0.25) is 0 Å². The Bertz CT molecular complexity index is 421. The summed E-state index contributed by atoms with van der Waals surface area (Å²) in [5, 5.41) is 3.69. The van der Waals surface area contributed by atoms with E-state index in [1.165, 1.54) is 31.2 Å². The molecule has 2 rings (SSSR count). The first-order valence-corrected chi connectivity index (χ1v) is 7.56. The molecule has 106 valence electrons. The molecule has 1 aliphatic rings. The Balaban J connectivity index is 2.28. The quantitative estimate of drug-likeness (QED) is 0.808. The van der Waals surface area contributed by atoms with Crippen LogP contribution in [0.15, 0.2) is 18.2 Å². The van der Waals surface area contributed by atoms with Gasteiger partial charge in [-0.05, 0) is 55.3 Å². The standard InChI is InChI=1S/C17H26FN/c1-4-11-19-16(17(3)9-5-6-10-17)14-7-8-15(18)13(2)12-14/h7-8,12,16,19H,4-6,9-11H2,1-3H3. The zero-order valence-corrected chi connectivity index (χ0v) is 12.4. The number of benzene rings is 1. The number of aryl methyl sites for hydroxylation is 1. The fraction of sp³-hybridized carbons (Fsp3) is 0.647. The maximum Gasteiger partial charge on any atom is 0.126 e. The smallest absolute Gasteiger partial charge is 0.126 e. The number of hydrogen-bond donors (Lipinski definition) is 1. The highest BCUT2D eigenvalue weighted by Crippen LogP contribution is 2.47. The molecule has 0 amide bonds. The van der Waals surface area contributed by atoms with Crippen molar-refractivity contribution in [2.75, 3.05) is 6.54 Å². The van der Waals surface area contributed by atoms with Crippen LogP contribution >= 0.6 is 0 Å². The molecule has 1 unspecified atom stereocenters. The Labute approximate surface area is 116 Å². The SMILES string of the molecule is CCCNC(c1ccc(F)c(C)c1)C1(C)CCCC1. The van der Waals surface area contributed by atoms with Crippen LogP contribution in [0.3, 0.4) is 0 Å². The minimum Gasteiger partial charge on any atom is -0.309 e. The van der Waals surface area contributed by atoms with Gasteiger partial charge in [0, 0.05) is 6.04 Å². The van der Waals surface area contributed by atoms with E-state index >= 15 is 0 Å². The van der Waals surface area contributed by atoms with Crippen molar-refractivity contribution in [2.45, 2.75) is 58.9 Å². The third kappa shape index (κ3) is 3.17. The van der Waals surface area contributed by atoms with Crippen LogP contribution in [0, 0.1) is 18.2 Å². The van der Waals surface area contributed by atoms with Crippen molar-refractivity contribution < 1.29 is 4.39 Å². The first-order chi connectivity index (χ1) is 9.07. The Kier molecular flexibility index (Phi) is 4.62. The zero-order chi connectivity index (χ0) is 13.9. The summed E-state index contributed by atoms with van der Waals surface area (Å²) < 4.78 is 13.5. The van der Waals surface area contributed by atoms with Gasteiger partial charge in [-0.2, -0.15) is 0 Å². The lowest BCUT2D eigenvalue weighted by Gasteiger charge is -2.35. The molecular formula is C17H26FN. The molecule has 0 heterocycles. The van der Waals surface area contributed by atoms with E-state index < -0.39 is 0 Å². The van der Waals surface area contributed by atoms with E-state index in [-0.39, 0.29) is 5.82 Å². The van der Waals surface area contributed by atoms with Crippen molar-refractivity contribution in [3.8, 4) is 0 Å². The van der Waals surface area contributed by atoms with Crippen molar-refractivity contribution >= 4 is 0 Å². The molecule has 1 nitrogen and oxygen atoms in total. The van der Waals surface area contributed by atoms with Gasteiger partial charge in [-0.25, -0.2) is 4.39 Å². The van der Waals surface area contributed by atoms with Gasteiger partial charge >= 0.3 is 0 Å². The highest BCUT2D eigenvalue weighted by molar-refractivity contribution is 5.28. The summed E-state index contributed by atoms with van der Waals surface area (Å²) in [7, 11) is 0. The third-order valence-electron chi connectivity index (χ3n) is 4.56. The van der Waals surface area contributed by atoms with Crippen LogP contribution in [0.25, 0.3) is 0 Å². The van der Waals surface area contributed by atoms with Crippen molar-refractivity contribution in [3.63, 3.8) is 0 Å². The van der Waals surface area contributed by atoms with Gasteiger partial charge in [-0.1, -0.05) is 38.8 Å². The summed E-state index contributed by atoms with van der Waals surface area (Å²) in [6.45, 7) is 7.45. The molecule has 1 aromatic rings. The lowest BCUT2D eigenvalue weighted by molar-refractivity contribution is 0.223. The summed E-state index contributed by atoms with van der Waals surface area (Å²) >= 11 is 0. The Morgan fingerprint density at radius 3 is 2.58 bits per heavy atom. The van der Waals surface area contributed by atoms with Crippen molar-refractivity contribution in [1.29, 1.82) is 0 Å². The van der Waals surface area contributed by atoms with Gasteiger partial charge in [0.25, 0.3) is 0 Å². The maximum absolute atomic E-state index is 13.5. The molecule has 1 atom stereocenters. The van der Waals surface area contributed by atoms with Crippen LogP contribution < -0.4 is 5.32 Å². The van der Waals surface area contributed by atoms with Gasteiger partial charge in [-0.15, -0.1) is 0 Å². The molecule has 0 spiro atoms. The minimum absolute atomic E-state index is 0.102. The molecule has 0 aromatic heterocycles. The van der Waals surface area contributed by atoms with E-state index in [4.69, 9.17) is 0 Å². The van der Waals surface area contributed by atoms with E-state index in [1.54, 1.807) is 6.07 Å². The summed E-state index contributed by atoms with van der Waals surface area (Å²) in [6, 6.07) is 5.95. The highest BCUT2D eigenvalue weighted by Gasteiger charge is 2.37. The fourth-order valence-electron chi connectivity index (χ4n) is 3.37. The zero-order valence-electron chi connectivity index (χ0n) is 12.4. The van der Waals surface area contributed by atoms with Gasteiger partial charge < -0.3 is 5.32 Å². The van der Waals surface area contributed by atoms with Crippen molar-refractivity contribution in [2.24, 2.45) is 5.41 Å². The van der Waals surface area contributed by atoms with E-state index in [9.17, 15) is 4.39 Å². The summed E-state index contributed by atoms with van der Waals surface area (Å²) in [6.07, 6.45) is 6.31. The average Bonchev–Trinajstić information content (AvgIpc) is 2.82. The molecule has 1 aromatic carbocycles. The van der Waals surface area contributed by atoms with Gasteiger partial charge in [0.15, 0.2) is 0 Å². The molecule has 1 fully saturated rings. The van der Waals surface area contributed by atoms with Crippen LogP contribution in [0.1, 0.15) is 63.1 Å². The normalized spacial score (nSPS) is 19.6. The third-order valence-corrected chi connectivity index (χ3v) is 4.56. The van der Waals surface area contributed by atoms with Gasteiger partial charge in [0.05, 0.1) is 0 Å². The second-order valence-electron chi connectivity index (χ2n) is 6.26. The van der Waals surface area contributed by atoms with Crippen LogP contribution in [0.2, 0.25) is 0 Å². The monoisotopic (exact) mass is 263 g/mol. The number of hydrogen-bond acceptors (Lipinski definition) is 1. The van der Waals surface area contributed by atoms with Gasteiger partial charge in [0.1, 0.15) is 5.82 Å². The van der Waals surface area contributed by atoms with E-state index in [0.717, 1.165) is 18.5 Å². The average molecular weight is 263 g/mol. The molecule has 1 saturated carbocycles. The van der Waals surface area contributed by atoms with Crippen molar-refractivity contribution in [3.05, 3.63) is 35.1 Å². The van der Waals surface area contributed by atoms with Crippen LogP contribution in [-0.2, 0) is 0 Å². The number of nitrogens with one attached hydrogen (secondary N) is 1. The van der Waals surface area contributed by atoms with Crippen LogP contribution in [-0.4, -0.2) is 6.54 Å². The molecule has 19 heavy (non-hydrogen) atoms. The van der Waals surface area contributed by atoms with Crippen molar-refractivity contribution in [1.82, 2.24) is 5.32 Å². The Morgan fingerprint density at radius 2 is 2.00 bits per heavy atom. The van der Waals surface area contributed by atoms with Crippen LogP contribution in [0.5, 0.6) is 0 Å². The van der Waals surface area contributed by atoms with E-state index in [0.29, 0.717) is 11.5 Å².